The number of aromatic hydroxyl groups is 1. The van der Waals surface area contributed by atoms with Crippen LogP contribution in [0.5, 0.6) is 11.5 Å². The van der Waals surface area contributed by atoms with E-state index in [9.17, 15) is 14.7 Å². The molecule has 6 rings (SSSR count). The molecule has 0 radical (unpaired) electrons. The molecule has 3 fully saturated rings. The van der Waals surface area contributed by atoms with E-state index >= 15 is 0 Å². The van der Waals surface area contributed by atoms with Crippen LogP contribution >= 0.6 is 0 Å². The van der Waals surface area contributed by atoms with Gasteiger partial charge in [0.15, 0.2) is 23.4 Å². The average molecular weight is 381 g/mol. The minimum absolute atomic E-state index is 0.0428. The van der Waals surface area contributed by atoms with Crippen LogP contribution in [0.4, 0.5) is 0 Å². The maximum Gasteiger partial charge on any atom is 0.184 e. The smallest absolute Gasteiger partial charge is 0.184 e. The van der Waals surface area contributed by atoms with Crippen molar-refractivity contribution in [3.8, 4) is 11.5 Å². The fourth-order valence-corrected chi connectivity index (χ4v) is 6.80. The minimum Gasteiger partial charge on any atom is -0.504 e. The number of Topliss-reactive ketones (excluding diaryl/α,β-unsaturated/α-hetero) is 2. The number of hydrogen-bond acceptors (Lipinski definition) is 5. The molecule has 1 saturated heterocycles. The lowest BCUT2D eigenvalue weighted by molar-refractivity contribution is -0.151. The van der Waals surface area contributed by atoms with Crippen molar-refractivity contribution in [2.24, 2.45) is 17.8 Å². The van der Waals surface area contributed by atoms with E-state index in [0.29, 0.717) is 24.6 Å². The highest BCUT2D eigenvalue weighted by Crippen LogP contribution is 2.64. The van der Waals surface area contributed by atoms with Gasteiger partial charge in [0.2, 0.25) is 0 Å². The van der Waals surface area contributed by atoms with E-state index in [1.807, 2.05) is 13.0 Å². The topological polar surface area (TPSA) is 66.8 Å². The molecule has 2 heterocycles. The highest BCUT2D eigenvalue weighted by molar-refractivity contribution is 6.06. The number of piperidine rings is 1. The molecule has 2 saturated carbocycles. The molecule has 0 amide bonds. The maximum absolute atomic E-state index is 13.4. The van der Waals surface area contributed by atoms with Gasteiger partial charge in [-0.25, -0.2) is 0 Å². The molecule has 5 heteroatoms. The van der Waals surface area contributed by atoms with Crippen molar-refractivity contribution in [3.05, 3.63) is 23.3 Å². The lowest BCUT2D eigenvalue weighted by atomic mass is 9.49. The van der Waals surface area contributed by atoms with Crippen LogP contribution in [0.25, 0.3) is 0 Å². The number of phenols is 1. The fourth-order valence-electron chi connectivity index (χ4n) is 6.80. The van der Waals surface area contributed by atoms with Gasteiger partial charge in [0, 0.05) is 30.0 Å². The van der Waals surface area contributed by atoms with Gasteiger partial charge in [-0.3, -0.25) is 14.5 Å². The molecule has 5 aliphatic rings. The van der Waals surface area contributed by atoms with Crippen molar-refractivity contribution in [1.29, 1.82) is 0 Å². The van der Waals surface area contributed by atoms with E-state index in [0.717, 1.165) is 37.4 Å². The summed E-state index contributed by atoms with van der Waals surface area (Å²) in [5.74, 6) is 1.15. The standard InChI is InChI=1S/C23H27NO4/c1-2-17(25)14-10-15-16-9-13-5-6-18(26)21-19(13)23(15,22(28-21)20(14)27)7-8-24(16)11-12-3-4-12/h5-6,12,14-16,22,26H,2-4,7-11H2,1H3. The monoisotopic (exact) mass is 381 g/mol. The molecular weight excluding hydrogens is 354 g/mol. The van der Waals surface area contributed by atoms with Gasteiger partial charge in [-0.1, -0.05) is 13.0 Å². The van der Waals surface area contributed by atoms with Gasteiger partial charge in [0.1, 0.15) is 5.78 Å². The van der Waals surface area contributed by atoms with Crippen molar-refractivity contribution < 1.29 is 19.4 Å². The normalized spacial score (nSPS) is 38.1. The molecule has 28 heavy (non-hydrogen) atoms. The van der Waals surface area contributed by atoms with Crippen LogP contribution in [0.1, 0.15) is 50.2 Å². The first-order valence-electron chi connectivity index (χ1n) is 10.9. The van der Waals surface area contributed by atoms with Crippen molar-refractivity contribution in [3.63, 3.8) is 0 Å². The molecule has 2 aliphatic heterocycles. The molecule has 1 aromatic rings. The van der Waals surface area contributed by atoms with Gasteiger partial charge in [0.25, 0.3) is 0 Å². The number of hydrogen-bond donors (Lipinski definition) is 1. The summed E-state index contributed by atoms with van der Waals surface area (Å²) in [6, 6.07) is 4.10. The van der Waals surface area contributed by atoms with Crippen LogP contribution in [-0.4, -0.2) is 46.8 Å². The van der Waals surface area contributed by atoms with Crippen molar-refractivity contribution in [1.82, 2.24) is 4.90 Å². The van der Waals surface area contributed by atoms with Crippen molar-refractivity contribution in [2.75, 3.05) is 13.1 Å². The second-order valence-corrected chi connectivity index (χ2v) is 9.56. The van der Waals surface area contributed by atoms with Crippen LogP contribution in [0, 0.1) is 17.8 Å². The quantitative estimate of drug-likeness (QED) is 0.812. The summed E-state index contributed by atoms with van der Waals surface area (Å²) in [6.45, 7) is 3.96. The summed E-state index contributed by atoms with van der Waals surface area (Å²) in [5, 5.41) is 10.5. The number of phenolic OH excluding ortho intramolecular Hbond substituents is 1. The summed E-state index contributed by atoms with van der Waals surface area (Å²) in [6.07, 6.45) is 4.89. The molecular formula is C23H27NO4. The zero-order valence-corrected chi connectivity index (χ0v) is 16.3. The molecule has 0 aromatic heterocycles. The Morgan fingerprint density at radius 2 is 2.18 bits per heavy atom. The zero-order valence-electron chi connectivity index (χ0n) is 16.3. The van der Waals surface area contributed by atoms with E-state index in [2.05, 4.69) is 4.90 Å². The SMILES string of the molecule is CCC(=O)C1CC2C3Cc4ccc(O)c5c4C2(CCN3CC2CC2)C(O5)C1=O. The third-order valence-electron chi connectivity index (χ3n) is 8.25. The van der Waals surface area contributed by atoms with Crippen LogP contribution in [-0.2, 0) is 21.4 Å². The Labute approximate surface area is 165 Å². The summed E-state index contributed by atoms with van der Waals surface area (Å²) < 4.78 is 6.20. The predicted octanol–water partition coefficient (Wildman–Crippen LogP) is 2.62. The van der Waals surface area contributed by atoms with Crippen LogP contribution in [0.15, 0.2) is 12.1 Å². The number of ketones is 2. The highest BCUT2D eigenvalue weighted by Gasteiger charge is 2.68. The third-order valence-corrected chi connectivity index (χ3v) is 8.25. The van der Waals surface area contributed by atoms with Crippen LogP contribution in [0.2, 0.25) is 0 Å². The molecule has 148 valence electrons. The molecule has 1 aromatic carbocycles. The van der Waals surface area contributed by atoms with Gasteiger partial charge in [-0.2, -0.15) is 0 Å². The number of ether oxygens (including phenoxy) is 1. The molecule has 5 atom stereocenters. The van der Waals surface area contributed by atoms with Gasteiger partial charge >= 0.3 is 0 Å². The Kier molecular flexibility index (Phi) is 3.40. The molecule has 5 unspecified atom stereocenters. The van der Waals surface area contributed by atoms with Crippen molar-refractivity contribution >= 4 is 11.6 Å². The Hall–Kier alpha value is -1.88. The number of benzene rings is 1. The number of rotatable bonds is 4. The summed E-state index contributed by atoms with van der Waals surface area (Å²) >= 11 is 0. The number of likely N-dealkylation sites (tertiary alicyclic amines) is 1. The summed E-state index contributed by atoms with van der Waals surface area (Å²) in [7, 11) is 0. The molecule has 1 N–H and O–H groups in total. The van der Waals surface area contributed by atoms with Gasteiger partial charge in [-0.15, -0.1) is 0 Å². The Morgan fingerprint density at radius 1 is 1.36 bits per heavy atom. The first-order valence-corrected chi connectivity index (χ1v) is 10.9. The predicted molar refractivity (Wildman–Crippen MR) is 103 cm³/mol. The van der Waals surface area contributed by atoms with Crippen LogP contribution < -0.4 is 4.74 Å². The lowest BCUT2D eigenvalue weighted by Crippen LogP contribution is -2.68. The van der Waals surface area contributed by atoms with E-state index < -0.39 is 12.0 Å². The maximum atomic E-state index is 13.4. The number of nitrogens with zero attached hydrogens (tertiary/aromatic N) is 1. The number of carbonyl (C=O) groups is 2. The van der Waals surface area contributed by atoms with E-state index in [4.69, 9.17) is 4.74 Å². The largest absolute Gasteiger partial charge is 0.504 e. The molecule has 2 bridgehead atoms. The minimum atomic E-state index is -0.611. The van der Waals surface area contributed by atoms with Gasteiger partial charge in [-0.05, 0) is 62.1 Å². The molecule has 3 aliphatic carbocycles. The molecule has 5 nitrogen and oxygen atoms in total. The van der Waals surface area contributed by atoms with Crippen LogP contribution in [0.3, 0.4) is 0 Å². The Bertz CT molecular complexity index is 891. The average Bonchev–Trinajstić information content (AvgIpc) is 3.44. The first kappa shape index (κ1) is 17.0. The molecule has 1 spiro atoms. The third kappa shape index (κ3) is 2.01. The Morgan fingerprint density at radius 3 is 2.93 bits per heavy atom. The van der Waals surface area contributed by atoms with Crippen molar-refractivity contribution in [2.45, 2.75) is 63.0 Å². The second-order valence-electron chi connectivity index (χ2n) is 9.56. The Balaban J connectivity index is 1.51. The first-order chi connectivity index (χ1) is 13.5. The van der Waals surface area contributed by atoms with E-state index in [-0.39, 0.29) is 28.6 Å². The summed E-state index contributed by atoms with van der Waals surface area (Å²) in [4.78, 5) is 28.7. The van der Waals surface area contributed by atoms with Gasteiger partial charge in [0.05, 0.1) is 5.92 Å². The zero-order chi connectivity index (χ0) is 19.2. The summed E-state index contributed by atoms with van der Waals surface area (Å²) in [5.41, 5.74) is 1.96. The van der Waals surface area contributed by atoms with E-state index in [1.165, 1.54) is 18.4 Å². The highest BCUT2D eigenvalue weighted by atomic mass is 16.5. The fraction of sp³-hybridized carbons (Fsp3) is 0.652. The lowest BCUT2D eigenvalue weighted by Gasteiger charge is -2.58. The number of carbonyl (C=O) groups excluding carboxylic acids is 2. The van der Waals surface area contributed by atoms with Gasteiger partial charge < -0.3 is 9.84 Å². The van der Waals surface area contributed by atoms with E-state index in [1.54, 1.807) is 6.07 Å². The second kappa shape index (κ2) is 5.59.